The smallest absolute Gasteiger partial charge is 0.329 e. The highest BCUT2D eigenvalue weighted by molar-refractivity contribution is 5.85. The molecule has 0 bridgehead atoms. The molecule has 1 amide bonds. The molecule has 2 atom stereocenters. The van der Waals surface area contributed by atoms with Crippen molar-refractivity contribution in [3.63, 3.8) is 0 Å². The number of likely N-dealkylation sites (tertiary alicyclic amines) is 1. The van der Waals surface area contributed by atoms with Gasteiger partial charge in [0.05, 0.1) is 11.0 Å². The number of aryl methyl sites for hydroxylation is 1. The zero-order valence-corrected chi connectivity index (χ0v) is 16.0. The van der Waals surface area contributed by atoms with Gasteiger partial charge in [0.15, 0.2) is 0 Å². The number of halogens is 1. The van der Waals surface area contributed by atoms with Crippen molar-refractivity contribution in [3.8, 4) is 0 Å². The molecule has 26 heavy (non-hydrogen) atoms. The molecule has 142 valence electrons. The molecule has 7 heteroatoms. The van der Waals surface area contributed by atoms with Gasteiger partial charge in [0.2, 0.25) is 5.91 Å². The van der Waals surface area contributed by atoms with E-state index >= 15 is 0 Å². The fourth-order valence-electron chi connectivity index (χ4n) is 4.43. The molecule has 3 heterocycles. The third-order valence-electron chi connectivity index (χ3n) is 5.91. The Morgan fingerprint density at radius 1 is 1.08 bits per heavy atom. The summed E-state index contributed by atoms with van der Waals surface area (Å²) in [7, 11) is 0. The van der Waals surface area contributed by atoms with Crippen molar-refractivity contribution < 1.29 is 4.79 Å². The molecule has 4 rings (SSSR count). The largest absolute Gasteiger partial charge is 0.341 e. The maximum atomic E-state index is 12.9. The summed E-state index contributed by atoms with van der Waals surface area (Å²) in [5.74, 6) is 1.46. The monoisotopic (exact) mass is 378 g/mol. The number of fused-ring (bicyclic) bond motifs is 2. The Balaban J connectivity index is 0.00000196. The standard InChI is InChI=1S/C19H26N4O2.ClH/c1-2-22-16-5-3-4-6-17(16)23(19(22)25)13-18(24)21-9-7-14-11-20-12-15(14)8-10-21;/h3-6,14-15,20H,2,7-13H2,1H3;1H/t14-,15+;. The summed E-state index contributed by atoms with van der Waals surface area (Å²) >= 11 is 0. The summed E-state index contributed by atoms with van der Waals surface area (Å²) in [5.41, 5.74) is 1.66. The Kier molecular flexibility index (Phi) is 5.73. The molecule has 0 radical (unpaired) electrons. The van der Waals surface area contributed by atoms with Crippen LogP contribution in [0.2, 0.25) is 0 Å². The number of nitrogens with zero attached hydrogens (tertiary/aromatic N) is 3. The van der Waals surface area contributed by atoms with Crippen LogP contribution in [0.4, 0.5) is 0 Å². The average Bonchev–Trinajstić information content (AvgIpc) is 3.11. The molecular weight excluding hydrogens is 352 g/mol. The maximum Gasteiger partial charge on any atom is 0.329 e. The third-order valence-corrected chi connectivity index (χ3v) is 5.91. The Morgan fingerprint density at radius 2 is 1.65 bits per heavy atom. The van der Waals surface area contributed by atoms with Crippen LogP contribution in [0, 0.1) is 11.8 Å². The number of amides is 1. The van der Waals surface area contributed by atoms with Gasteiger partial charge in [-0.1, -0.05) is 12.1 Å². The second kappa shape index (κ2) is 7.84. The van der Waals surface area contributed by atoms with Crippen molar-refractivity contribution in [1.82, 2.24) is 19.4 Å². The van der Waals surface area contributed by atoms with E-state index in [9.17, 15) is 9.59 Å². The first-order chi connectivity index (χ1) is 12.2. The summed E-state index contributed by atoms with van der Waals surface area (Å²) < 4.78 is 3.37. The molecule has 0 saturated carbocycles. The lowest BCUT2D eigenvalue weighted by molar-refractivity contribution is -0.131. The van der Waals surface area contributed by atoms with E-state index in [0.717, 1.165) is 50.1 Å². The molecule has 0 unspecified atom stereocenters. The normalized spacial score (nSPS) is 22.7. The van der Waals surface area contributed by atoms with Crippen molar-refractivity contribution >= 4 is 29.3 Å². The van der Waals surface area contributed by atoms with Crippen LogP contribution >= 0.6 is 12.4 Å². The number of carbonyl (C=O) groups excluding carboxylic acids is 1. The van der Waals surface area contributed by atoms with Crippen LogP contribution in [0.5, 0.6) is 0 Å². The number of aromatic nitrogens is 2. The van der Waals surface area contributed by atoms with Gasteiger partial charge in [-0.3, -0.25) is 13.9 Å². The first-order valence-electron chi connectivity index (χ1n) is 9.35. The molecule has 6 nitrogen and oxygen atoms in total. The van der Waals surface area contributed by atoms with Crippen molar-refractivity contribution in [3.05, 3.63) is 34.7 Å². The number of carbonyl (C=O) groups is 1. The molecule has 1 N–H and O–H groups in total. The number of para-hydroxylation sites is 2. The number of benzene rings is 1. The van der Waals surface area contributed by atoms with Crippen molar-refractivity contribution in [2.24, 2.45) is 11.8 Å². The van der Waals surface area contributed by atoms with Crippen LogP contribution in [0.1, 0.15) is 19.8 Å². The number of rotatable bonds is 3. The fraction of sp³-hybridized carbons (Fsp3) is 0.579. The van der Waals surface area contributed by atoms with Crippen molar-refractivity contribution in [2.45, 2.75) is 32.9 Å². The summed E-state index contributed by atoms with van der Waals surface area (Å²) in [4.78, 5) is 27.5. The lowest BCUT2D eigenvalue weighted by atomic mass is 9.92. The van der Waals surface area contributed by atoms with E-state index in [1.54, 1.807) is 9.13 Å². The van der Waals surface area contributed by atoms with Crippen LogP contribution < -0.4 is 11.0 Å². The average molecular weight is 379 g/mol. The maximum absolute atomic E-state index is 12.9. The molecule has 2 aromatic rings. The van der Waals surface area contributed by atoms with Crippen LogP contribution in [0.3, 0.4) is 0 Å². The van der Waals surface area contributed by atoms with Crippen LogP contribution in [-0.4, -0.2) is 46.1 Å². The van der Waals surface area contributed by atoms with E-state index in [4.69, 9.17) is 0 Å². The molecular formula is C19H27ClN4O2. The van der Waals surface area contributed by atoms with Gasteiger partial charge in [-0.2, -0.15) is 0 Å². The van der Waals surface area contributed by atoms with Gasteiger partial charge in [0, 0.05) is 19.6 Å². The number of nitrogens with one attached hydrogen (secondary N) is 1. The van der Waals surface area contributed by atoms with Gasteiger partial charge in [-0.05, 0) is 56.8 Å². The Morgan fingerprint density at radius 3 is 2.23 bits per heavy atom. The predicted octanol–water partition coefficient (Wildman–Crippen LogP) is 1.70. The molecule has 0 spiro atoms. The van der Waals surface area contributed by atoms with E-state index in [1.807, 2.05) is 36.1 Å². The van der Waals surface area contributed by atoms with Crippen LogP contribution in [-0.2, 0) is 17.9 Å². The number of imidazole rings is 1. The summed E-state index contributed by atoms with van der Waals surface area (Å²) in [6, 6.07) is 7.72. The highest BCUT2D eigenvalue weighted by Gasteiger charge is 2.31. The van der Waals surface area contributed by atoms with Crippen molar-refractivity contribution in [2.75, 3.05) is 26.2 Å². The fourth-order valence-corrected chi connectivity index (χ4v) is 4.43. The van der Waals surface area contributed by atoms with E-state index in [-0.39, 0.29) is 30.5 Å². The Bertz CT molecular complexity index is 830. The SMILES string of the molecule is CCn1c(=O)n(CC(=O)N2CC[C@@H]3CNC[C@@H]3CC2)c2ccccc21.Cl. The lowest BCUT2D eigenvalue weighted by Gasteiger charge is -2.21. The van der Waals surface area contributed by atoms with Gasteiger partial charge in [-0.25, -0.2) is 4.79 Å². The molecule has 2 aliphatic heterocycles. The summed E-state index contributed by atoms with van der Waals surface area (Å²) in [6.07, 6.45) is 2.13. The first kappa shape index (κ1) is 19.0. The first-order valence-corrected chi connectivity index (χ1v) is 9.35. The molecule has 0 aliphatic carbocycles. The van der Waals surface area contributed by atoms with Gasteiger partial charge in [-0.15, -0.1) is 12.4 Å². The number of hydrogen-bond acceptors (Lipinski definition) is 3. The highest BCUT2D eigenvalue weighted by Crippen LogP contribution is 2.27. The minimum Gasteiger partial charge on any atom is -0.341 e. The highest BCUT2D eigenvalue weighted by atomic mass is 35.5. The number of hydrogen-bond donors (Lipinski definition) is 1. The van der Waals surface area contributed by atoms with Gasteiger partial charge >= 0.3 is 5.69 Å². The molecule has 2 aliphatic rings. The topological polar surface area (TPSA) is 59.3 Å². The minimum absolute atomic E-state index is 0. The third kappa shape index (κ3) is 3.28. The van der Waals surface area contributed by atoms with E-state index in [0.29, 0.717) is 18.4 Å². The zero-order valence-electron chi connectivity index (χ0n) is 15.2. The van der Waals surface area contributed by atoms with Gasteiger partial charge in [0.25, 0.3) is 0 Å². The second-order valence-corrected chi connectivity index (χ2v) is 7.24. The summed E-state index contributed by atoms with van der Waals surface area (Å²) in [6.45, 7) is 6.49. The zero-order chi connectivity index (χ0) is 17.4. The van der Waals surface area contributed by atoms with Crippen molar-refractivity contribution in [1.29, 1.82) is 0 Å². The van der Waals surface area contributed by atoms with Crippen LogP contribution in [0.15, 0.2) is 29.1 Å². The van der Waals surface area contributed by atoms with Gasteiger partial charge in [0.1, 0.15) is 6.54 Å². The lowest BCUT2D eigenvalue weighted by Crippen LogP contribution is -2.37. The van der Waals surface area contributed by atoms with Crippen LogP contribution in [0.25, 0.3) is 11.0 Å². The van der Waals surface area contributed by atoms with E-state index < -0.39 is 0 Å². The molecule has 1 aromatic heterocycles. The molecule has 2 fully saturated rings. The molecule has 1 aromatic carbocycles. The second-order valence-electron chi connectivity index (χ2n) is 7.24. The predicted molar refractivity (Wildman–Crippen MR) is 105 cm³/mol. The summed E-state index contributed by atoms with van der Waals surface area (Å²) in [5, 5.41) is 3.46. The quantitative estimate of drug-likeness (QED) is 0.884. The molecule has 2 saturated heterocycles. The minimum atomic E-state index is -0.0899. The van der Waals surface area contributed by atoms with E-state index in [1.165, 1.54) is 0 Å². The Labute approximate surface area is 159 Å². The van der Waals surface area contributed by atoms with E-state index in [2.05, 4.69) is 5.32 Å². The van der Waals surface area contributed by atoms with Gasteiger partial charge < -0.3 is 10.2 Å². The Hall–Kier alpha value is -1.79.